The normalized spacial score (nSPS) is 12.5. The molecule has 582 valence electrons. The van der Waals surface area contributed by atoms with E-state index in [1.54, 1.807) is 0 Å². The maximum absolute atomic E-state index is 13.0. The lowest BCUT2D eigenvalue weighted by molar-refractivity contribution is -0.870. The Morgan fingerprint density at radius 2 is 0.520 bits per heavy atom. The van der Waals surface area contributed by atoms with Crippen molar-refractivity contribution in [1.29, 1.82) is 0 Å². The van der Waals surface area contributed by atoms with E-state index in [9.17, 15) is 19.5 Å². The molecule has 98 heavy (non-hydrogen) atoms. The summed E-state index contributed by atoms with van der Waals surface area (Å²) >= 11 is 0. The van der Waals surface area contributed by atoms with Crippen LogP contribution in [0.1, 0.15) is 483 Å². The van der Waals surface area contributed by atoms with Gasteiger partial charge in [0, 0.05) is 12.8 Å². The molecule has 0 aromatic carbocycles. The highest BCUT2D eigenvalue weighted by Gasteiger charge is 2.22. The average molecular weight is 1390 g/mol. The quantitative estimate of drug-likeness (QED) is 0.0195. The van der Waals surface area contributed by atoms with Crippen LogP contribution in [0.2, 0.25) is 0 Å². The molecule has 0 bridgehead atoms. The van der Waals surface area contributed by atoms with Gasteiger partial charge in [-0.3, -0.25) is 9.59 Å². The molecule has 0 aliphatic heterocycles. The molecule has 0 aromatic rings. The van der Waals surface area contributed by atoms with Crippen molar-refractivity contribution in [1.82, 2.24) is 0 Å². The summed E-state index contributed by atoms with van der Waals surface area (Å²) in [5.41, 5.74) is 0. The van der Waals surface area contributed by atoms with Crippen molar-refractivity contribution in [2.24, 2.45) is 0 Å². The second kappa shape index (κ2) is 80.7. The molecule has 0 heterocycles. The highest BCUT2D eigenvalue weighted by atomic mass is 16.7. The van der Waals surface area contributed by atoms with E-state index in [0.717, 1.165) is 38.5 Å². The Labute approximate surface area is 612 Å². The fourth-order valence-electron chi connectivity index (χ4n) is 14.0. The first kappa shape index (κ1) is 96.0. The van der Waals surface area contributed by atoms with Crippen LogP contribution in [0.15, 0.2) is 12.2 Å². The van der Waals surface area contributed by atoms with Gasteiger partial charge in [-0.25, -0.2) is 0 Å². The number of rotatable bonds is 85. The van der Waals surface area contributed by atoms with Crippen molar-refractivity contribution in [2.75, 3.05) is 47.5 Å². The summed E-state index contributed by atoms with van der Waals surface area (Å²) in [5.74, 6) is -2.24. The van der Waals surface area contributed by atoms with Crippen LogP contribution in [0, 0.1) is 0 Å². The van der Waals surface area contributed by atoms with Gasteiger partial charge in [0.1, 0.15) is 13.2 Å². The second-order valence-corrected chi connectivity index (χ2v) is 31.9. The zero-order chi connectivity index (χ0) is 71.1. The van der Waals surface area contributed by atoms with Crippen LogP contribution in [0.3, 0.4) is 0 Å². The highest BCUT2D eigenvalue weighted by molar-refractivity contribution is 5.70. The van der Waals surface area contributed by atoms with Crippen LogP contribution in [0.5, 0.6) is 0 Å². The first-order chi connectivity index (χ1) is 48.1. The molecule has 0 aromatic heterocycles. The minimum atomic E-state index is -1.62. The summed E-state index contributed by atoms with van der Waals surface area (Å²) in [5, 5.41) is 11.9. The SMILES string of the molecule is CCCCCCCCCC/C=C\CCCCCCCCCCCCCCCCCCCCCCCCCC(=O)OC(COC(=O)CCCCCCCCCCCCCCCCCCCCCCCCCCCCCCCCCCCCCCCC)COC(OCC[N+](C)(C)C)C(=O)[O-]. The summed E-state index contributed by atoms with van der Waals surface area (Å²) in [6.07, 6.45) is 99.6. The molecule has 0 spiro atoms. The van der Waals surface area contributed by atoms with E-state index in [2.05, 4.69) is 26.0 Å². The van der Waals surface area contributed by atoms with Crippen molar-refractivity contribution in [3.05, 3.63) is 12.2 Å². The number of esters is 2. The molecule has 0 aliphatic carbocycles. The standard InChI is InChI=1S/C89H173NO8/c1-6-8-10-12-14-16-18-20-22-24-26-28-30-32-34-36-38-40-42-43-44-46-47-49-51-53-55-57-59-61-63-65-67-69-71-73-75-77-79-86(91)96-83-85(84-97-89(88(93)94)95-82-81-90(3,4)5)98-87(92)80-78-76-74-72-70-68-66-64-62-60-58-56-54-52-50-48-45-41-39-37-35-33-31-29-27-25-23-21-19-17-15-13-11-9-7-2/h25,27,85,89H,6-24,26,28-84H2,1-5H3/b27-25-. The number of likely N-dealkylation sites (N-methyl/N-ethyl adjacent to an activating group) is 1. The Balaban J connectivity index is 3.89. The number of carboxylic acids is 1. The molecule has 0 rings (SSSR count). The minimum Gasteiger partial charge on any atom is -0.545 e. The van der Waals surface area contributed by atoms with Crippen LogP contribution in [-0.4, -0.2) is 82.3 Å². The van der Waals surface area contributed by atoms with E-state index in [-0.39, 0.29) is 32.2 Å². The Hall–Kier alpha value is -1.97. The summed E-state index contributed by atoms with van der Waals surface area (Å²) in [7, 11) is 5.96. The van der Waals surface area contributed by atoms with Crippen LogP contribution < -0.4 is 5.11 Å². The number of hydrogen-bond donors (Lipinski definition) is 0. The average Bonchev–Trinajstić information content (AvgIpc) is 1.34. The third-order valence-electron chi connectivity index (χ3n) is 20.8. The van der Waals surface area contributed by atoms with Gasteiger partial charge in [-0.15, -0.1) is 0 Å². The Kier molecular flexibility index (Phi) is 79.1. The molecule has 9 heteroatoms. The smallest absolute Gasteiger partial charge is 0.306 e. The molecule has 9 nitrogen and oxygen atoms in total. The number of hydrogen-bond acceptors (Lipinski definition) is 8. The van der Waals surface area contributed by atoms with Gasteiger partial charge in [0.2, 0.25) is 0 Å². The van der Waals surface area contributed by atoms with Crippen molar-refractivity contribution in [3.8, 4) is 0 Å². The van der Waals surface area contributed by atoms with Gasteiger partial charge in [0.05, 0.1) is 40.3 Å². The van der Waals surface area contributed by atoms with Crippen molar-refractivity contribution in [2.45, 2.75) is 495 Å². The molecule has 2 unspecified atom stereocenters. The number of ether oxygens (including phenoxy) is 4. The Bertz CT molecular complexity index is 1610. The van der Waals surface area contributed by atoms with E-state index in [4.69, 9.17) is 18.9 Å². The van der Waals surface area contributed by atoms with Crippen LogP contribution >= 0.6 is 0 Å². The minimum absolute atomic E-state index is 0.153. The van der Waals surface area contributed by atoms with E-state index in [1.807, 2.05) is 21.1 Å². The largest absolute Gasteiger partial charge is 0.545 e. The zero-order valence-corrected chi connectivity index (χ0v) is 67.0. The topological polar surface area (TPSA) is 111 Å². The first-order valence-corrected chi connectivity index (χ1v) is 44.3. The highest BCUT2D eigenvalue weighted by Crippen LogP contribution is 2.21. The van der Waals surface area contributed by atoms with E-state index in [1.165, 1.54) is 417 Å². The van der Waals surface area contributed by atoms with Gasteiger partial charge in [0.15, 0.2) is 12.4 Å². The molecular formula is C89H173NO8. The third kappa shape index (κ3) is 81.3. The van der Waals surface area contributed by atoms with E-state index >= 15 is 0 Å². The van der Waals surface area contributed by atoms with Gasteiger partial charge in [-0.05, 0) is 38.5 Å². The van der Waals surface area contributed by atoms with Crippen molar-refractivity contribution < 1.29 is 42.9 Å². The monoisotopic (exact) mass is 1380 g/mol. The predicted octanol–water partition coefficient (Wildman–Crippen LogP) is 27.3. The fraction of sp³-hybridized carbons (Fsp3) is 0.944. The van der Waals surface area contributed by atoms with E-state index in [0.29, 0.717) is 17.4 Å². The summed E-state index contributed by atoms with van der Waals surface area (Å²) < 4.78 is 22.9. The van der Waals surface area contributed by atoms with Gasteiger partial charge < -0.3 is 33.3 Å². The predicted molar refractivity (Wildman–Crippen MR) is 422 cm³/mol. The molecule has 0 aliphatic rings. The fourth-order valence-corrected chi connectivity index (χ4v) is 14.0. The summed E-state index contributed by atoms with van der Waals surface area (Å²) in [6.45, 7) is 4.85. The van der Waals surface area contributed by atoms with E-state index < -0.39 is 24.3 Å². The number of allylic oxidation sites excluding steroid dienone is 2. The number of carbonyl (C=O) groups is 3. The van der Waals surface area contributed by atoms with Gasteiger partial charge in [0.25, 0.3) is 0 Å². The lowest BCUT2D eigenvalue weighted by Crippen LogP contribution is -2.44. The lowest BCUT2D eigenvalue weighted by atomic mass is 10.0. The number of carboxylic acid groups (broad SMARTS) is 1. The molecule has 2 atom stereocenters. The van der Waals surface area contributed by atoms with Gasteiger partial charge in [-0.1, -0.05) is 443 Å². The number of aliphatic carboxylic acids is 1. The molecular weight excluding hydrogens is 1210 g/mol. The van der Waals surface area contributed by atoms with Crippen molar-refractivity contribution >= 4 is 17.9 Å². The Morgan fingerprint density at radius 3 is 0.755 bits per heavy atom. The van der Waals surface area contributed by atoms with Crippen LogP contribution in [0.25, 0.3) is 0 Å². The number of nitrogens with zero attached hydrogens (tertiary/aromatic N) is 1. The maximum Gasteiger partial charge on any atom is 0.306 e. The maximum atomic E-state index is 13.0. The molecule has 0 fully saturated rings. The molecule has 0 saturated carbocycles. The molecule has 0 N–H and O–H groups in total. The molecule has 0 saturated heterocycles. The number of unbranched alkanes of at least 4 members (excludes halogenated alkanes) is 68. The molecule has 0 amide bonds. The number of carbonyl (C=O) groups excluding carboxylic acids is 3. The van der Waals surface area contributed by atoms with Crippen molar-refractivity contribution in [3.63, 3.8) is 0 Å². The summed E-state index contributed by atoms with van der Waals surface area (Å²) in [4.78, 5) is 37.7. The second-order valence-electron chi connectivity index (χ2n) is 31.9. The summed E-state index contributed by atoms with van der Waals surface area (Å²) in [6, 6.07) is 0. The number of quaternary nitrogens is 1. The zero-order valence-electron chi connectivity index (χ0n) is 67.0. The first-order valence-electron chi connectivity index (χ1n) is 44.3. The van der Waals surface area contributed by atoms with Gasteiger partial charge in [-0.2, -0.15) is 0 Å². The van der Waals surface area contributed by atoms with Crippen LogP contribution in [0.4, 0.5) is 0 Å². The Morgan fingerprint density at radius 1 is 0.296 bits per heavy atom. The van der Waals surface area contributed by atoms with Gasteiger partial charge >= 0.3 is 11.9 Å². The third-order valence-corrected chi connectivity index (χ3v) is 20.8. The molecule has 0 radical (unpaired) electrons. The lowest BCUT2D eigenvalue weighted by Gasteiger charge is -2.26. The van der Waals surface area contributed by atoms with Crippen LogP contribution in [-0.2, 0) is 33.3 Å².